The molecule has 0 aromatic carbocycles. The van der Waals surface area contributed by atoms with E-state index in [1.165, 1.54) is 0 Å². The van der Waals surface area contributed by atoms with E-state index in [1.54, 1.807) is 18.7 Å². The topological polar surface area (TPSA) is 61.4 Å². The van der Waals surface area contributed by atoms with Gasteiger partial charge in [-0.1, -0.05) is 0 Å². The van der Waals surface area contributed by atoms with Gasteiger partial charge in [0, 0.05) is 18.1 Å². The highest BCUT2D eigenvalue weighted by atomic mass is 32.2. The molecule has 0 aromatic rings. The minimum absolute atomic E-state index is 0.0203. The van der Waals surface area contributed by atoms with Crippen LogP contribution in [0.25, 0.3) is 0 Å². The molecule has 0 saturated carbocycles. The van der Waals surface area contributed by atoms with Crippen LogP contribution in [0.1, 0.15) is 20.8 Å². The highest BCUT2D eigenvalue weighted by molar-refractivity contribution is 7.99. The van der Waals surface area contributed by atoms with Gasteiger partial charge in [0.05, 0.1) is 17.7 Å². The second-order valence-corrected chi connectivity index (χ2v) is 5.62. The summed E-state index contributed by atoms with van der Waals surface area (Å²) in [7, 11) is 0. The highest BCUT2D eigenvalue weighted by Crippen LogP contribution is 2.11. The van der Waals surface area contributed by atoms with Crippen molar-refractivity contribution in [2.45, 2.75) is 38.5 Å². The number of carbonyl (C=O) groups excluding carboxylic acids is 1. The predicted molar refractivity (Wildman–Crippen MR) is 63.0 cm³/mol. The number of aliphatic hydroxyl groups is 1. The molecule has 1 saturated heterocycles. The molecule has 1 heterocycles. The summed E-state index contributed by atoms with van der Waals surface area (Å²) in [4.78, 5) is 11.8. The molecule has 88 valence electrons. The molecule has 1 amide bonds. The van der Waals surface area contributed by atoms with Gasteiger partial charge in [0.25, 0.3) is 0 Å². The molecule has 0 aliphatic carbocycles. The van der Waals surface area contributed by atoms with Crippen molar-refractivity contribution >= 4 is 17.7 Å². The van der Waals surface area contributed by atoms with Crippen LogP contribution in [0.5, 0.6) is 0 Å². The van der Waals surface area contributed by atoms with Gasteiger partial charge >= 0.3 is 0 Å². The zero-order chi connectivity index (χ0) is 11.5. The summed E-state index contributed by atoms with van der Waals surface area (Å²) in [5.74, 6) is 1.85. The molecule has 0 bridgehead atoms. The van der Waals surface area contributed by atoms with Gasteiger partial charge in [-0.2, -0.15) is 11.8 Å². The molecule has 1 rings (SSSR count). The Balaban J connectivity index is 2.47. The van der Waals surface area contributed by atoms with Crippen molar-refractivity contribution in [3.05, 3.63) is 0 Å². The molecule has 0 radical (unpaired) electrons. The molecule has 15 heavy (non-hydrogen) atoms. The Kier molecular flexibility index (Phi) is 4.43. The van der Waals surface area contributed by atoms with Gasteiger partial charge in [0.15, 0.2) is 0 Å². The first kappa shape index (κ1) is 12.8. The summed E-state index contributed by atoms with van der Waals surface area (Å²) in [5.41, 5.74) is -0.569. The normalized spacial score (nSPS) is 24.7. The average molecular weight is 232 g/mol. The van der Waals surface area contributed by atoms with Gasteiger partial charge < -0.3 is 15.7 Å². The van der Waals surface area contributed by atoms with Gasteiger partial charge in [-0.15, -0.1) is 0 Å². The van der Waals surface area contributed by atoms with E-state index in [1.807, 2.05) is 13.8 Å². The first-order chi connectivity index (χ1) is 6.93. The second kappa shape index (κ2) is 5.18. The Bertz CT molecular complexity index is 225. The Morgan fingerprint density at radius 1 is 1.67 bits per heavy atom. The summed E-state index contributed by atoms with van der Waals surface area (Å²) in [5, 5.41) is 15.5. The first-order valence-corrected chi connectivity index (χ1v) is 6.40. The fourth-order valence-corrected chi connectivity index (χ4v) is 2.18. The lowest BCUT2D eigenvalue weighted by atomic mass is 9.98. The second-order valence-electron chi connectivity index (χ2n) is 4.47. The van der Waals surface area contributed by atoms with E-state index >= 15 is 0 Å². The standard InChI is InChI=1S/C10H20N2O2S/c1-7(13)10(2,3)12-9(14)8-6-15-5-4-11-8/h7-8,11,13H,4-6H2,1-3H3,(H,12,14). The molecule has 0 spiro atoms. The molecular formula is C10H20N2O2S. The Morgan fingerprint density at radius 3 is 2.80 bits per heavy atom. The molecular weight excluding hydrogens is 212 g/mol. The van der Waals surface area contributed by atoms with Crippen molar-refractivity contribution in [2.75, 3.05) is 18.1 Å². The number of nitrogens with one attached hydrogen (secondary N) is 2. The monoisotopic (exact) mass is 232 g/mol. The maximum atomic E-state index is 11.8. The van der Waals surface area contributed by atoms with Gasteiger partial charge in [-0.25, -0.2) is 0 Å². The maximum absolute atomic E-state index is 11.8. The molecule has 2 unspecified atom stereocenters. The van der Waals surface area contributed by atoms with E-state index in [4.69, 9.17) is 0 Å². The zero-order valence-corrected chi connectivity index (χ0v) is 10.4. The van der Waals surface area contributed by atoms with Crippen LogP contribution < -0.4 is 10.6 Å². The largest absolute Gasteiger partial charge is 0.391 e. The third kappa shape index (κ3) is 3.66. The average Bonchev–Trinajstić information content (AvgIpc) is 2.18. The van der Waals surface area contributed by atoms with Crippen molar-refractivity contribution in [1.82, 2.24) is 10.6 Å². The zero-order valence-electron chi connectivity index (χ0n) is 9.54. The summed E-state index contributed by atoms with van der Waals surface area (Å²) in [6.07, 6.45) is -0.558. The minimum atomic E-state index is -0.569. The molecule has 3 N–H and O–H groups in total. The van der Waals surface area contributed by atoms with E-state index in [0.717, 1.165) is 18.1 Å². The van der Waals surface area contributed by atoms with E-state index < -0.39 is 11.6 Å². The number of rotatable bonds is 3. The Morgan fingerprint density at radius 2 is 2.33 bits per heavy atom. The lowest BCUT2D eigenvalue weighted by molar-refractivity contribution is -0.125. The van der Waals surface area contributed by atoms with Crippen LogP contribution in [-0.4, -0.2) is 46.7 Å². The van der Waals surface area contributed by atoms with Gasteiger partial charge in [-0.05, 0) is 20.8 Å². The van der Waals surface area contributed by atoms with Crippen LogP contribution in [0, 0.1) is 0 Å². The lowest BCUT2D eigenvalue weighted by Gasteiger charge is -2.32. The van der Waals surface area contributed by atoms with Crippen LogP contribution in [0.2, 0.25) is 0 Å². The van der Waals surface area contributed by atoms with Crippen molar-refractivity contribution in [3.63, 3.8) is 0 Å². The summed E-state index contributed by atoms with van der Waals surface area (Å²) < 4.78 is 0. The predicted octanol–water partition coefficient (Wildman–Crippen LogP) is -0.0330. The molecule has 0 aromatic heterocycles. The minimum Gasteiger partial charge on any atom is -0.391 e. The van der Waals surface area contributed by atoms with Crippen molar-refractivity contribution < 1.29 is 9.90 Å². The van der Waals surface area contributed by atoms with Crippen molar-refractivity contribution in [3.8, 4) is 0 Å². The number of aliphatic hydroxyl groups excluding tert-OH is 1. The van der Waals surface area contributed by atoms with Crippen LogP contribution in [-0.2, 0) is 4.79 Å². The van der Waals surface area contributed by atoms with Gasteiger partial charge in [-0.3, -0.25) is 4.79 Å². The number of carbonyl (C=O) groups is 1. The summed E-state index contributed by atoms with van der Waals surface area (Å²) >= 11 is 1.78. The number of hydrogen-bond acceptors (Lipinski definition) is 4. The first-order valence-electron chi connectivity index (χ1n) is 5.24. The van der Waals surface area contributed by atoms with Gasteiger partial charge in [0.1, 0.15) is 0 Å². The molecule has 5 heteroatoms. The summed E-state index contributed by atoms with van der Waals surface area (Å²) in [6.45, 7) is 6.21. The third-order valence-electron chi connectivity index (χ3n) is 2.73. The van der Waals surface area contributed by atoms with E-state index in [2.05, 4.69) is 10.6 Å². The van der Waals surface area contributed by atoms with Crippen LogP contribution >= 0.6 is 11.8 Å². The van der Waals surface area contributed by atoms with Crippen LogP contribution in [0.4, 0.5) is 0 Å². The quantitative estimate of drug-likeness (QED) is 0.639. The Labute approximate surface area is 95.2 Å². The van der Waals surface area contributed by atoms with Crippen molar-refractivity contribution in [2.24, 2.45) is 0 Å². The number of amides is 1. The molecule has 4 nitrogen and oxygen atoms in total. The lowest BCUT2D eigenvalue weighted by Crippen LogP contribution is -2.58. The van der Waals surface area contributed by atoms with E-state index in [9.17, 15) is 9.90 Å². The van der Waals surface area contributed by atoms with Crippen LogP contribution in [0.3, 0.4) is 0 Å². The molecule has 1 fully saturated rings. The molecule has 1 aliphatic heterocycles. The fourth-order valence-electron chi connectivity index (χ4n) is 1.24. The smallest absolute Gasteiger partial charge is 0.238 e. The summed E-state index contributed by atoms with van der Waals surface area (Å²) in [6, 6.07) is -0.123. The molecule has 2 atom stereocenters. The fraction of sp³-hybridized carbons (Fsp3) is 0.900. The third-order valence-corrected chi connectivity index (χ3v) is 3.79. The van der Waals surface area contributed by atoms with Gasteiger partial charge in [0.2, 0.25) is 5.91 Å². The SMILES string of the molecule is CC(O)C(C)(C)NC(=O)C1CSCCN1. The highest BCUT2D eigenvalue weighted by Gasteiger charge is 2.30. The van der Waals surface area contributed by atoms with Crippen molar-refractivity contribution in [1.29, 1.82) is 0 Å². The Hall–Kier alpha value is -0.260. The van der Waals surface area contributed by atoms with Crippen LogP contribution in [0.15, 0.2) is 0 Å². The van der Waals surface area contributed by atoms with E-state index in [-0.39, 0.29) is 11.9 Å². The molecule has 1 aliphatic rings. The van der Waals surface area contributed by atoms with E-state index in [0.29, 0.717) is 0 Å². The number of hydrogen-bond donors (Lipinski definition) is 3. The maximum Gasteiger partial charge on any atom is 0.238 e. The number of thioether (sulfide) groups is 1.